The second kappa shape index (κ2) is 8.29. The van der Waals surface area contributed by atoms with Gasteiger partial charge in [-0.3, -0.25) is 4.79 Å². The lowest BCUT2D eigenvalue weighted by Crippen LogP contribution is -2.31. The molecule has 1 aromatic rings. The van der Waals surface area contributed by atoms with E-state index in [4.69, 9.17) is 9.26 Å². The number of rotatable bonds is 8. The van der Waals surface area contributed by atoms with E-state index in [2.05, 4.69) is 15.4 Å². The van der Waals surface area contributed by atoms with E-state index < -0.39 is 0 Å². The van der Waals surface area contributed by atoms with Gasteiger partial charge in [-0.25, -0.2) is 0 Å². The normalized spacial score (nSPS) is 19.0. The molecule has 0 aliphatic carbocycles. The van der Waals surface area contributed by atoms with E-state index in [9.17, 15) is 4.79 Å². The van der Waals surface area contributed by atoms with Crippen LogP contribution in [0.25, 0.3) is 0 Å². The van der Waals surface area contributed by atoms with E-state index in [1.54, 1.807) is 13.2 Å². The molecular formula is C16H27N3O3. The van der Waals surface area contributed by atoms with Crippen molar-refractivity contribution in [3.05, 3.63) is 17.5 Å². The van der Waals surface area contributed by atoms with Crippen molar-refractivity contribution in [2.75, 3.05) is 39.9 Å². The van der Waals surface area contributed by atoms with Crippen LogP contribution in [-0.2, 0) is 4.74 Å². The standard InChI is InChI=1S/C16H27N3O3/c1-12(2)15-9-14(18-22-15)16(20)17-10-13-5-7-19(11-13)6-4-8-21-3/h9,12-13H,4-8,10-11H2,1-3H3,(H,17,20)/t13-/m1/s1. The number of hydrogen-bond donors (Lipinski definition) is 1. The molecular weight excluding hydrogens is 282 g/mol. The molecule has 1 aliphatic rings. The SMILES string of the molecule is COCCCN1CC[C@H](CNC(=O)c2cc(C(C)C)on2)C1. The fraction of sp³-hybridized carbons (Fsp3) is 0.750. The molecule has 0 saturated carbocycles. The summed E-state index contributed by atoms with van der Waals surface area (Å²) in [5.74, 6) is 1.36. The highest BCUT2D eigenvalue weighted by atomic mass is 16.5. The first-order chi connectivity index (χ1) is 10.6. The van der Waals surface area contributed by atoms with E-state index >= 15 is 0 Å². The minimum atomic E-state index is -0.145. The number of amides is 1. The summed E-state index contributed by atoms with van der Waals surface area (Å²) in [4.78, 5) is 14.5. The Morgan fingerprint density at radius 1 is 1.59 bits per heavy atom. The number of carbonyl (C=O) groups is 1. The summed E-state index contributed by atoms with van der Waals surface area (Å²) in [6.07, 6.45) is 2.19. The lowest BCUT2D eigenvalue weighted by atomic mass is 10.1. The molecule has 0 unspecified atom stereocenters. The highest BCUT2D eigenvalue weighted by Gasteiger charge is 2.23. The summed E-state index contributed by atoms with van der Waals surface area (Å²) >= 11 is 0. The van der Waals surface area contributed by atoms with Gasteiger partial charge in [0, 0.05) is 45.3 Å². The summed E-state index contributed by atoms with van der Waals surface area (Å²) in [6, 6.07) is 1.73. The monoisotopic (exact) mass is 309 g/mol. The molecule has 1 N–H and O–H groups in total. The van der Waals surface area contributed by atoms with Gasteiger partial charge in [0.1, 0.15) is 5.76 Å². The number of carbonyl (C=O) groups excluding carboxylic acids is 1. The molecule has 2 heterocycles. The van der Waals surface area contributed by atoms with Crippen molar-refractivity contribution in [1.82, 2.24) is 15.4 Å². The molecule has 0 spiro atoms. The van der Waals surface area contributed by atoms with Crippen LogP contribution in [0.3, 0.4) is 0 Å². The molecule has 6 nitrogen and oxygen atoms in total. The quantitative estimate of drug-likeness (QED) is 0.743. The van der Waals surface area contributed by atoms with Crippen molar-refractivity contribution in [1.29, 1.82) is 0 Å². The molecule has 0 radical (unpaired) electrons. The van der Waals surface area contributed by atoms with Gasteiger partial charge in [-0.1, -0.05) is 19.0 Å². The van der Waals surface area contributed by atoms with Gasteiger partial charge >= 0.3 is 0 Å². The molecule has 0 aromatic carbocycles. The third-order valence-electron chi connectivity index (χ3n) is 4.07. The van der Waals surface area contributed by atoms with Crippen LogP contribution in [0.4, 0.5) is 0 Å². The van der Waals surface area contributed by atoms with Gasteiger partial charge in [-0.05, 0) is 25.3 Å². The van der Waals surface area contributed by atoms with E-state index in [0.717, 1.165) is 44.8 Å². The van der Waals surface area contributed by atoms with Gasteiger partial charge in [-0.2, -0.15) is 0 Å². The number of hydrogen-bond acceptors (Lipinski definition) is 5. The number of methoxy groups -OCH3 is 1. The van der Waals surface area contributed by atoms with Crippen LogP contribution in [-0.4, -0.2) is 55.9 Å². The van der Waals surface area contributed by atoms with E-state index in [0.29, 0.717) is 18.2 Å². The Morgan fingerprint density at radius 2 is 2.41 bits per heavy atom. The Balaban J connectivity index is 1.70. The van der Waals surface area contributed by atoms with Crippen LogP contribution >= 0.6 is 0 Å². The van der Waals surface area contributed by atoms with Crippen molar-refractivity contribution in [3.8, 4) is 0 Å². The maximum atomic E-state index is 12.1. The summed E-state index contributed by atoms with van der Waals surface area (Å²) in [7, 11) is 1.73. The van der Waals surface area contributed by atoms with Crippen LogP contribution < -0.4 is 5.32 Å². The number of likely N-dealkylation sites (tertiary alicyclic amines) is 1. The second-order valence-electron chi connectivity index (χ2n) is 6.28. The van der Waals surface area contributed by atoms with E-state index in [1.165, 1.54) is 0 Å². The Labute approximate surface area is 132 Å². The average molecular weight is 309 g/mol. The largest absolute Gasteiger partial charge is 0.385 e. The smallest absolute Gasteiger partial charge is 0.273 e. The van der Waals surface area contributed by atoms with Gasteiger partial charge in [0.25, 0.3) is 5.91 Å². The molecule has 6 heteroatoms. The maximum absolute atomic E-state index is 12.1. The number of nitrogens with one attached hydrogen (secondary N) is 1. The van der Waals surface area contributed by atoms with Crippen LogP contribution in [0.2, 0.25) is 0 Å². The first kappa shape index (κ1) is 17.0. The summed E-state index contributed by atoms with van der Waals surface area (Å²) in [6.45, 7) is 8.74. The molecule has 22 heavy (non-hydrogen) atoms. The van der Waals surface area contributed by atoms with Gasteiger partial charge in [-0.15, -0.1) is 0 Å². The van der Waals surface area contributed by atoms with Crippen molar-refractivity contribution in [2.24, 2.45) is 5.92 Å². The van der Waals surface area contributed by atoms with Gasteiger partial charge in [0.2, 0.25) is 0 Å². The number of nitrogens with zero attached hydrogens (tertiary/aromatic N) is 2. The van der Waals surface area contributed by atoms with E-state index in [1.807, 2.05) is 13.8 Å². The second-order valence-corrected chi connectivity index (χ2v) is 6.28. The van der Waals surface area contributed by atoms with Crippen LogP contribution in [0.5, 0.6) is 0 Å². The molecule has 1 aliphatic heterocycles. The molecule has 1 fully saturated rings. The highest BCUT2D eigenvalue weighted by molar-refractivity contribution is 5.92. The fourth-order valence-corrected chi connectivity index (χ4v) is 2.71. The van der Waals surface area contributed by atoms with Crippen LogP contribution in [0.15, 0.2) is 10.6 Å². The first-order valence-electron chi connectivity index (χ1n) is 8.06. The molecule has 0 bridgehead atoms. The van der Waals surface area contributed by atoms with Crippen molar-refractivity contribution in [3.63, 3.8) is 0 Å². The van der Waals surface area contributed by atoms with Crippen LogP contribution in [0, 0.1) is 5.92 Å². The zero-order valence-electron chi connectivity index (χ0n) is 13.8. The highest BCUT2D eigenvalue weighted by Crippen LogP contribution is 2.17. The van der Waals surface area contributed by atoms with Gasteiger partial charge in [0.05, 0.1) is 0 Å². The molecule has 2 rings (SSSR count). The van der Waals surface area contributed by atoms with Crippen molar-refractivity contribution in [2.45, 2.75) is 32.6 Å². The zero-order chi connectivity index (χ0) is 15.9. The number of aromatic nitrogens is 1. The lowest BCUT2D eigenvalue weighted by molar-refractivity contribution is 0.0938. The third-order valence-corrected chi connectivity index (χ3v) is 4.07. The Hall–Kier alpha value is -1.40. The predicted octanol–water partition coefficient (Wildman–Crippen LogP) is 1.89. The summed E-state index contributed by atoms with van der Waals surface area (Å²) in [5, 5.41) is 6.80. The summed E-state index contributed by atoms with van der Waals surface area (Å²) in [5.41, 5.74) is 0.374. The van der Waals surface area contributed by atoms with Crippen molar-refractivity contribution >= 4 is 5.91 Å². The molecule has 1 saturated heterocycles. The number of ether oxygens (including phenoxy) is 1. The lowest BCUT2D eigenvalue weighted by Gasteiger charge is -2.15. The fourth-order valence-electron chi connectivity index (χ4n) is 2.71. The van der Waals surface area contributed by atoms with Gasteiger partial charge < -0.3 is 19.5 Å². The maximum Gasteiger partial charge on any atom is 0.273 e. The van der Waals surface area contributed by atoms with Crippen molar-refractivity contribution < 1.29 is 14.1 Å². The molecule has 1 atom stereocenters. The van der Waals surface area contributed by atoms with E-state index in [-0.39, 0.29) is 11.8 Å². The first-order valence-corrected chi connectivity index (χ1v) is 8.06. The minimum Gasteiger partial charge on any atom is -0.385 e. The Bertz CT molecular complexity index is 473. The molecule has 1 aromatic heterocycles. The zero-order valence-corrected chi connectivity index (χ0v) is 13.8. The Kier molecular flexibility index (Phi) is 6.39. The average Bonchev–Trinajstić information content (AvgIpc) is 3.14. The van der Waals surface area contributed by atoms with Gasteiger partial charge in [0.15, 0.2) is 5.69 Å². The summed E-state index contributed by atoms with van der Waals surface area (Å²) < 4.78 is 10.2. The molecule has 1 amide bonds. The third kappa shape index (κ3) is 4.81. The van der Waals surface area contributed by atoms with Crippen LogP contribution in [0.1, 0.15) is 48.9 Å². The Morgan fingerprint density at radius 3 is 3.09 bits per heavy atom. The minimum absolute atomic E-state index is 0.145. The molecule has 124 valence electrons. The predicted molar refractivity (Wildman–Crippen MR) is 84.0 cm³/mol. The topological polar surface area (TPSA) is 67.6 Å².